The molecule has 2 N–H and O–H groups in total. The van der Waals surface area contributed by atoms with Gasteiger partial charge in [-0.1, -0.05) is 0 Å². The summed E-state index contributed by atoms with van der Waals surface area (Å²) in [5, 5.41) is 5.59. The zero-order valence-electron chi connectivity index (χ0n) is 10.4. The molecule has 0 atom stereocenters. The molecule has 0 fully saturated rings. The van der Waals surface area contributed by atoms with Crippen molar-refractivity contribution in [3.63, 3.8) is 0 Å². The van der Waals surface area contributed by atoms with E-state index in [2.05, 4.69) is 20.6 Å². The van der Waals surface area contributed by atoms with Crippen molar-refractivity contribution in [1.82, 2.24) is 9.97 Å². The van der Waals surface area contributed by atoms with E-state index in [4.69, 9.17) is 0 Å². The Morgan fingerprint density at radius 1 is 1.26 bits per heavy atom. The summed E-state index contributed by atoms with van der Waals surface area (Å²) < 4.78 is 12.7. The summed E-state index contributed by atoms with van der Waals surface area (Å²) in [6, 6.07) is 5.51. The maximum absolute atomic E-state index is 12.7. The van der Waals surface area contributed by atoms with E-state index in [1.165, 1.54) is 36.7 Å². The van der Waals surface area contributed by atoms with Gasteiger partial charge in [0.05, 0.1) is 12.4 Å². The number of rotatable bonds is 4. The molecule has 19 heavy (non-hydrogen) atoms. The molecule has 0 aliphatic carbocycles. The van der Waals surface area contributed by atoms with Gasteiger partial charge in [-0.2, -0.15) is 0 Å². The first-order chi connectivity index (χ1) is 9.19. The van der Waals surface area contributed by atoms with Crippen LogP contribution in [0.4, 0.5) is 15.9 Å². The molecule has 1 amide bonds. The summed E-state index contributed by atoms with van der Waals surface area (Å²) in [4.78, 5) is 20.0. The van der Waals surface area contributed by atoms with E-state index in [-0.39, 0.29) is 17.4 Å². The highest BCUT2D eigenvalue weighted by atomic mass is 19.1. The van der Waals surface area contributed by atoms with Crippen LogP contribution in [0.15, 0.2) is 36.7 Å². The van der Waals surface area contributed by atoms with Crippen LogP contribution in [0.3, 0.4) is 0 Å². The maximum atomic E-state index is 12.7. The molecule has 1 aromatic carbocycles. The molecule has 0 unspecified atom stereocenters. The molecule has 2 aromatic rings. The Morgan fingerprint density at radius 2 is 2.00 bits per heavy atom. The third-order valence-corrected chi connectivity index (χ3v) is 2.33. The molecule has 1 heterocycles. The second-order valence-electron chi connectivity index (χ2n) is 3.78. The smallest absolute Gasteiger partial charge is 0.275 e. The Labute approximate surface area is 109 Å². The highest BCUT2D eigenvalue weighted by Gasteiger charge is 2.09. The lowest BCUT2D eigenvalue weighted by molar-refractivity contribution is 0.102. The van der Waals surface area contributed by atoms with Crippen LogP contribution in [0, 0.1) is 5.82 Å². The summed E-state index contributed by atoms with van der Waals surface area (Å²) in [6.45, 7) is 2.62. The Kier molecular flexibility index (Phi) is 4.02. The van der Waals surface area contributed by atoms with Gasteiger partial charge < -0.3 is 10.6 Å². The van der Waals surface area contributed by atoms with Crippen molar-refractivity contribution in [2.75, 3.05) is 17.2 Å². The van der Waals surface area contributed by atoms with E-state index < -0.39 is 0 Å². The van der Waals surface area contributed by atoms with E-state index in [9.17, 15) is 9.18 Å². The number of benzene rings is 1. The van der Waals surface area contributed by atoms with Crippen LogP contribution >= 0.6 is 0 Å². The number of anilines is 2. The van der Waals surface area contributed by atoms with E-state index >= 15 is 0 Å². The maximum Gasteiger partial charge on any atom is 0.275 e. The molecular formula is C13H13FN4O. The molecule has 0 aliphatic rings. The van der Waals surface area contributed by atoms with Crippen LogP contribution in [0.2, 0.25) is 0 Å². The first kappa shape index (κ1) is 12.9. The van der Waals surface area contributed by atoms with Gasteiger partial charge in [0, 0.05) is 12.2 Å². The number of carbonyl (C=O) groups excluding carboxylic acids is 1. The van der Waals surface area contributed by atoms with Gasteiger partial charge in [0.15, 0.2) is 0 Å². The average Bonchev–Trinajstić information content (AvgIpc) is 2.42. The lowest BCUT2D eigenvalue weighted by atomic mass is 10.3. The SMILES string of the molecule is CCNc1cncc(C(=O)Nc2ccc(F)cc2)n1. The van der Waals surface area contributed by atoms with Crippen molar-refractivity contribution in [1.29, 1.82) is 0 Å². The summed E-state index contributed by atoms with van der Waals surface area (Å²) in [6.07, 6.45) is 2.91. The van der Waals surface area contributed by atoms with Crippen LogP contribution in [0.25, 0.3) is 0 Å². The minimum atomic E-state index is -0.390. The highest BCUT2D eigenvalue weighted by molar-refractivity contribution is 6.02. The third-order valence-electron chi connectivity index (χ3n) is 2.33. The van der Waals surface area contributed by atoms with Gasteiger partial charge in [-0.3, -0.25) is 9.78 Å². The quantitative estimate of drug-likeness (QED) is 0.885. The Bertz CT molecular complexity index is 571. The fourth-order valence-electron chi connectivity index (χ4n) is 1.47. The predicted molar refractivity (Wildman–Crippen MR) is 70.5 cm³/mol. The normalized spacial score (nSPS) is 10.0. The number of nitrogens with zero attached hydrogens (tertiary/aromatic N) is 2. The van der Waals surface area contributed by atoms with Crippen molar-refractivity contribution >= 4 is 17.4 Å². The van der Waals surface area contributed by atoms with E-state index in [1.54, 1.807) is 0 Å². The van der Waals surface area contributed by atoms with Crippen LogP contribution in [-0.4, -0.2) is 22.4 Å². The fourth-order valence-corrected chi connectivity index (χ4v) is 1.47. The van der Waals surface area contributed by atoms with Gasteiger partial charge in [0.25, 0.3) is 5.91 Å². The molecule has 0 bridgehead atoms. The molecule has 98 valence electrons. The molecule has 1 aromatic heterocycles. The van der Waals surface area contributed by atoms with E-state index in [0.29, 0.717) is 18.1 Å². The van der Waals surface area contributed by atoms with Gasteiger partial charge in [-0.15, -0.1) is 0 Å². The number of amides is 1. The zero-order valence-corrected chi connectivity index (χ0v) is 10.4. The monoisotopic (exact) mass is 260 g/mol. The van der Waals surface area contributed by atoms with Crippen LogP contribution in [0.5, 0.6) is 0 Å². The lowest BCUT2D eigenvalue weighted by Gasteiger charge is -2.06. The number of halogens is 1. The number of hydrogen-bond donors (Lipinski definition) is 2. The molecule has 0 saturated heterocycles. The van der Waals surface area contributed by atoms with Crippen LogP contribution in [0.1, 0.15) is 17.4 Å². The highest BCUT2D eigenvalue weighted by Crippen LogP contribution is 2.10. The van der Waals surface area contributed by atoms with Gasteiger partial charge in [-0.05, 0) is 31.2 Å². The Morgan fingerprint density at radius 3 is 2.68 bits per heavy atom. The van der Waals surface area contributed by atoms with Crippen molar-refractivity contribution in [3.05, 3.63) is 48.2 Å². The van der Waals surface area contributed by atoms with E-state index in [1.807, 2.05) is 6.92 Å². The second-order valence-corrected chi connectivity index (χ2v) is 3.78. The molecule has 0 aliphatic heterocycles. The van der Waals surface area contributed by atoms with Gasteiger partial charge in [0.2, 0.25) is 0 Å². The average molecular weight is 260 g/mol. The number of carbonyl (C=O) groups is 1. The fraction of sp³-hybridized carbons (Fsp3) is 0.154. The third kappa shape index (κ3) is 3.48. The summed E-state index contributed by atoms with van der Waals surface area (Å²) in [7, 11) is 0. The van der Waals surface area contributed by atoms with Crippen molar-refractivity contribution in [2.24, 2.45) is 0 Å². The number of hydrogen-bond acceptors (Lipinski definition) is 4. The Balaban J connectivity index is 2.11. The van der Waals surface area contributed by atoms with Gasteiger partial charge in [0.1, 0.15) is 17.3 Å². The molecule has 0 spiro atoms. The van der Waals surface area contributed by atoms with Crippen molar-refractivity contribution in [2.45, 2.75) is 6.92 Å². The first-order valence-electron chi connectivity index (χ1n) is 5.82. The minimum Gasteiger partial charge on any atom is -0.369 e. The molecule has 5 nitrogen and oxygen atoms in total. The summed E-state index contributed by atoms with van der Waals surface area (Å²) >= 11 is 0. The van der Waals surface area contributed by atoms with Crippen LogP contribution < -0.4 is 10.6 Å². The minimum absolute atomic E-state index is 0.197. The molecule has 0 saturated carbocycles. The number of nitrogens with one attached hydrogen (secondary N) is 2. The zero-order chi connectivity index (χ0) is 13.7. The molecule has 0 radical (unpaired) electrons. The largest absolute Gasteiger partial charge is 0.369 e. The lowest BCUT2D eigenvalue weighted by Crippen LogP contribution is -2.15. The molecular weight excluding hydrogens is 247 g/mol. The van der Waals surface area contributed by atoms with Crippen molar-refractivity contribution in [3.8, 4) is 0 Å². The molecule has 2 rings (SSSR count). The standard InChI is InChI=1S/C13H13FN4O/c1-2-16-12-8-15-7-11(18-12)13(19)17-10-5-3-9(14)4-6-10/h3-8H,2H2,1H3,(H,16,18)(H,17,19). The second kappa shape index (κ2) is 5.90. The first-order valence-corrected chi connectivity index (χ1v) is 5.82. The molecule has 6 heteroatoms. The van der Waals surface area contributed by atoms with Gasteiger partial charge >= 0.3 is 0 Å². The summed E-state index contributed by atoms with van der Waals surface area (Å²) in [5.41, 5.74) is 0.699. The van der Waals surface area contributed by atoms with Gasteiger partial charge in [-0.25, -0.2) is 9.37 Å². The number of aromatic nitrogens is 2. The van der Waals surface area contributed by atoms with E-state index in [0.717, 1.165) is 0 Å². The predicted octanol–water partition coefficient (Wildman–Crippen LogP) is 2.30. The van der Waals surface area contributed by atoms with Crippen molar-refractivity contribution < 1.29 is 9.18 Å². The summed E-state index contributed by atoms with van der Waals surface area (Å²) in [5.74, 6) is -0.208. The Hall–Kier alpha value is -2.50. The topological polar surface area (TPSA) is 66.9 Å². The van der Waals surface area contributed by atoms with Crippen LogP contribution in [-0.2, 0) is 0 Å².